The lowest BCUT2D eigenvalue weighted by atomic mass is 10.4. The first-order valence-electron chi connectivity index (χ1n) is 6.35. The SMILES string of the molecule is CN(CCOCC1CC1)S(=O)(=O)c1cc(CN)cs1. The first-order valence-corrected chi connectivity index (χ1v) is 8.67. The van der Waals surface area contributed by atoms with Crippen molar-refractivity contribution >= 4 is 21.4 Å². The number of nitrogens with two attached hydrogens (primary N) is 1. The summed E-state index contributed by atoms with van der Waals surface area (Å²) in [5.74, 6) is 0.700. The van der Waals surface area contributed by atoms with Crippen LogP contribution in [0, 0.1) is 5.92 Å². The fraction of sp³-hybridized carbons (Fsp3) is 0.667. The maximum atomic E-state index is 12.2. The Labute approximate surface area is 118 Å². The van der Waals surface area contributed by atoms with Crippen LogP contribution in [0.15, 0.2) is 15.7 Å². The van der Waals surface area contributed by atoms with Gasteiger partial charge in [0.25, 0.3) is 10.0 Å². The molecule has 0 aliphatic heterocycles. The van der Waals surface area contributed by atoms with Crippen LogP contribution in [0.1, 0.15) is 18.4 Å². The number of likely N-dealkylation sites (N-methyl/N-ethyl adjacent to an activating group) is 1. The minimum Gasteiger partial charge on any atom is -0.380 e. The monoisotopic (exact) mass is 304 g/mol. The van der Waals surface area contributed by atoms with Gasteiger partial charge < -0.3 is 10.5 Å². The molecule has 1 aromatic rings. The van der Waals surface area contributed by atoms with Gasteiger partial charge in [0.2, 0.25) is 0 Å². The average molecular weight is 304 g/mol. The van der Waals surface area contributed by atoms with E-state index in [2.05, 4.69) is 0 Å². The van der Waals surface area contributed by atoms with Gasteiger partial charge in [-0.15, -0.1) is 11.3 Å². The molecule has 1 aliphatic carbocycles. The molecule has 0 bridgehead atoms. The number of sulfonamides is 1. The van der Waals surface area contributed by atoms with E-state index >= 15 is 0 Å². The Kier molecular flexibility index (Phi) is 4.97. The maximum Gasteiger partial charge on any atom is 0.252 e. The van der Waals surface area contributed by atoms with E-state index in [-0.39, 0.29) is 0 Å². The quantitative estimate of drug-likeness (QED) is 0.734. The lowest BCUT2D eigenvalue weighted by molar-refractivity contribution is 0.117. The average Bonchev–Trinajstić information content (AvgIpc) is 3.07. The third-order valence-corrected chi connectivity index (χ3v) is 6.45. The van der Waals surface area contributed by atoms with Crippen molar-refractivity contribution < 1.29 is 13.2 Å². The fourth-order valence-corrected chi connectivity index (χ4v) is 4.18. The number of rotatable bonds is 8. The van der Waals surface area contributed by atoms with Crippen LogP contribution in [0.5, 0.6) is 0 Å². The van der Waals surface area contributed by atoms with Gasteiger partial charge >= 0.3 is 0 Å². The van der Waals surface area contributed by atoms with Gasteiger partial charge in [0.15, 0.2) is 0 Å². The molecule has 1 heterocycles. The third kappa shape index (κ3) is 4.00. The molecule has 1 saturated carbocycles. The van der Waals surface area contributed by atoms with Crippen LogP contribution in [0.4, 0.5) is 0 Å². The summed E-state index contributed by atoms with van der Waals surface area (Å²) >= 11 is 1.21. The zero-order chi connectivity index (χ0) is 13.9. The third-order valence-electron chi connectivity index (χ3n) is 3.13. The van der Waals surface area contributed by atoms with Gasteiger partial charge in [0, 0.05) is 26.7 Å². The second-order valence-corrected chi connectivity index (χ2v) is 8.01. The number of thiophene rings is 1. The Morgan fingerprint density at radius 1 is 1.53 bits per heavy atom. The predicted octanol–water partition coefficient (Wildman–Crippen LogP) is 1.25. The van der Waals surface area contributed by atoms with E-state index in [9.17, 15) is 8.42 Å². The number of nitrogens with zero attached hydrogens (tertiary/aromatic N) is 1. The molecular weight excluding hydrogens is 284 g/mol. The predicted molar refractivity (Wildman–Crippen MR) is 75.6 cm³/mol. The van der Waals surface area contributed by atoms with Crippen molar-refractivity contribution in [2.24, 2.45) is 11.7 Å². The topological polar surface area (TPSA) is 72.6 Å². The summed E-state index contributed by atoms with van der Waals surface area (Å²) in [7, 11) is -1.82. The molecule has 0 amide bonds. The lowest BCUT2D eigenvalue weighted by Gasteiger charge is -2.15. The molecule has 1 aromatic heterocycles. The van der Waals surface area contributed by atoms with Crippen LogP contribution in [0.25, 0.3) is 0 Å². The van der Waals surface area contributed by atoms with E-state index in [1.807, 2.05) is 0 Å². The molecule has 19 heavy (non-hydrogen) atoms. The Balaban J connectivity index is 1.86. The van der Waals surface area contributed by atoms with Gasteiger partial charge in [-0.3, -0.25) is 0 Å². The first kappa shape index (κ1) is 14.9. The van der Waals surface area contributed by atoms with Crippen LogP contribution in [-0.4, -0.2) is 39.5 Å². The Morgan fingerprint density at radius 2 is 2.26 bits per heavy atom. The number of hydrogen-bond donors (Lipinski definition) is 1. The molecule has 2 rings (SSSR count). The van der Waals surface area contributed by atoms with Crippen LogP contribution >= 0.6 is 11.3 Å². The summed E-state index contributed by atoms with van der Waals surface area (Å²) in [6.45, 7) is 1.94. The molecule has 0 unspecified atom stereocenters. The lowest BCUT2D eigenvalue weighted by Crippen LogP contribution is -2.30. The van der Waals surface area contributed by atoms with Crippen LogP contribution in [-0.2, 0) is 21.3 Å². The van der Waals surface area contributed by atoms with E-state index in [1.165, 1.54) is 28.5 Å². The summed E-state index contributed by atoms with van der Waals surface area (Å²) in [5.41, 5.74) is 6.34. The Morgan fingerprint density at radius 3 is 2.84 bits per heavy atom. The summed E-state index contributed by atoms with van der Waals surface area (Å²) in [6, 6.07) is 1.64. The summed E-state index contributed by atoms with van der Waals surface area (Å²) < 4.78 is 31.6. The van der Waals surface area contributed by atoms with Crippen molar-refractivity contribution in [1.82, 2.24) is 4.31 Å². The van der Waals surface area contributed by atoms with E-state index in [0.717, 1.165) is 12.2 Å². The van der Waals surface area contributed by atoms with Gasteiger partial charge in [0.1, 0.15) is 4.21 Å². The molecule has 2 N–H and O–H groups in total. The van der Waals surface area contributed by atoms with Gasteiger partial charge in [0.05, 0.1) is 6.61 Å². The second kappa shape index (κ2) is 6.32. The van der Waals surface area contributed by atoms with Gasteiger partial charge in [-0.25, -0.2) is 8.42 Å². The summed E-state index contributed by atoms with van der Waals surface area (Å²) in [4.78, 5) is 0. The normalized spacial score (nSPS) is 16.2. The molecule has 5 nitrogen and oxygen atoms in total. The summed E-state index contributed by atoms with van der Waals surface area (Å²) in [5, 5.41) is 1.78. The van der Waals surface area contributed by atoms with Crippen molar-refractivity contribution in [1.29, 1.82) is 0 Å². The summed E-state index contributed by atoms with van der Waals surface area (Å²) in [6.07, 6.45) is 2.48. The molecule has 1 aliphatic rings. The molecular formula is C12H20N2O3S2. The zero-order valence-electron chi connectivity index (χ0n) is 11.0. The van der Waals surface area contributed by atoms with E-state index < -0.39 is 10.0 Å². The van der Waals surface area contributed by atoms with Gasteiger partial charge in [-0.1, -0.05) is 0 Å². The molecule has 0 aromatic carbocycles. The molecule has 108 valence electrons. The van der Waals surface area contributed by atoms with Crippen molar-refractivity contribution in [3.05, 3.63) is 17.0 Å². The highest BCUT2D eigenvalue weighted by Gasteiger charge is 2.24. The highest BCUT2D eigenvalue weighted by Crippen LogP contribution is 2.28. The number of ether oxygens (including phenoxy) is 1. The molecule has 0 saturated heterocycles. The molecule has 7 heteroatoms. The largest absolute Gasteiger partial charge is 0.380 e. The van der Waals surface area contributed by atoms with E-state index in [4.69, 9.17) is 10.5 Å². The minimum atomic E-state index is -3.40. The van der Waals surface area contributed by atoms with Crippen molar-refractivity contribution in [2.75, 3.05) is 26.8 Å². The molecule has 0 radical (unpaired) electrons. The zero-order valence-corrected chi connectivity index (χ0v) is 12.7. The van der Waals surface area contributed by atoms with Crippen LogP contribution < -0.4 is 5.73 Å². The van der Waals surface area contributed by atoms with Gasteiger partial charge in [-0.2, -0.15) is 4.31 Å². The molecule has 0 spiro atoms. The smallest absolute Gasteiger partial charge is 0.252 e. The maximum absolute atomic E-state index is 12.2. The number of hydrogen-bond acceptors (Lipinski definition) is 5. The van der Waals surface area contributed by atoms with Crippen molar-refractivity contribution in [2.45, 2.75) is 23.6 Å². The highest BCUT2D eigenvalue weighted by atomic mass is 32.2. The molecule has 1 fully saturated rings. The first-order chi connectivity index (χ1) is 9.04. The van der Waals surface area contributed by atoms with E-state index in [0.29, 0.717) is 29.8 Å². The van der Waals surface area contributed by atoms with Gasteiger partial charge in [-0.05, 0) is 35.8 Å². The van der Waals surface area contributed by atoms with Crippen molar-refractivity contribution in [3.63, 3.8) is 0 Å². The standard InChI is InChI=1S/C12H20N2O3S2/c1-14(4-5-17-8-10-2-3-10)19(15,16)12-6-11(7-13)9-18-12/h6,9-10H,2-5,7-8,13H2,1H3. The Bertz CT molecular complexity index is 509. The van der Waals surface area contributed by atoms with Crippen LogP contribution in [0.3, 0.4) is 0 Å². The van der Waals surface area contributed by atoms with Crippen LogP contribution in [0.2, 0.25) is 0 Å². The fourth-order valence-electron chi connectivity index (χ4n) is 1.60. The van der Waals surface area contributed by atoms with Crippen molar-refractivity contribution in [3.8, 4) is 0 Å². The Hall–Kier alpha value is -0.470. The molecule has 0 atom stereocenters. The van der Waals surface area contributed by atoms with E-state index in [1.54, 1.807) is 18.5 Å². The second-order valence-electron chi connectivity index (χ2n) is 4.82. The highest BCUT2D eigenvalue weighted by molar-refractivity contribution is 7.91. The minimum absolute atomic E-state index is 0.345.